The second kappa shape index (κ2) is 5.24. The Kier molecular flexibility index (Phi) is 3.65. The summed E-state index contributed by atoms with van der Waals surface area (Å²) in [6.07, 6.45) is 0. The van der Waals surface area contributed by atoms with E-state index >= 15 is 0 Å². The Labute approximate surface area is 113 Å². The molecule has 0 bridgehead atoms. The number of halogens is 3. The van der Waals surface area contributed by atoms with Crippen LogP contribution in [-0.2, 0) is 0 Å². The van der Waals surface area contributed by atoms with E-state index in [1.165, 1.54) is 12.1 Å². The van der Waals surface area contributed by atoms with Crippen LogP contribution in [0.1, 0.15) is 15.9 Å². The maximum Gasteiger partial charge on any atom is 0.255 e. The van der Waals surface area contributed by atoms with Gasteiger partial charge in [0.1, 0.15) is 23.1 Å². The number of nitrogens with one attached hydrogen (secondary N) is 1. The van der Waals surface area contributed by atoms with Gasteiger partial charge in [-0.25, -0.2) is 13.2 Å². The number of nitrogen functional groups attached to an aromatic ring is 1. The summed E-state index contributed by atoms with van der Waals surface area (Å²) in [6.45, 7) is 1.60. The largest absolute Gasteiger partial charge is 0.394 e. The third-order valence-electron chi connectivity index (χ3n) is 2.80. The van der Waals surface area contributed by atoms with Gasteiger partial charge in [0.15, 0.2) is 0 Å². The SMILES string of the molecule is Cc1cccc(F)c1NC(=O)c1cc(F)c(N)c(F)c1. The molecule has 0 aliphatic rings. The Hall–Kier alpha value is -2.50. The molecule has 20 heavy (non-hydrogen) atoms. The first-order valence-electron chi connectivity index (χ1n) is 5.71. The van der Waals surface area contributed by atoms with Crippen molar-refractivity contribution in [2.45, 2.75) is 6.92 Å². The molecule has 0 spiro atoms. The van der Waals surface area contributed by atoms with Crippen molar-refractivity contribution in [3.8, 4) is 0 Å². The second-order valence-corrected chi connectivity index (χ2v) is 4.24. The fraction of sp³-hybridized carbons (Fsp3) is 0.0714. The average molecular weight is 280 g/mol. The fourth-order valence-electron chi connectivity index (χ4n) is 1.69. The van der Waals surface area contributed by atoms with Gasteiger partial charge in [-0.1, -0.05) is 12.1 Å². The summed E-state index contributed by atoms with van der Waals surface area (Å²) in [6, 6.07) is 5.85. The minimum Gasteiger partial charge on any atom is -0.394 e. The van der Waals surface area contributed by atoms with E-state index < -0.39 is 29.0 Å². The molecule has 104 valence electrons. The van der Waals surface area contributed by atoms with Crippen molar-refractivity contribution in [1.29, 1.82) is 0 Å². The summed E-state index contributed by atoms with van der Waals surface area (Å²) in [5.74, 6) is -3.54. The van der Waals surface area contributed by atoms with E-state index in [1.54, 1.807) is 13.0 Å². The summed E-state index contributed by atoms with van der Waals surface area (Å²) < 4.78 is 40.1. The molecule has 1 amide bonds. The minimum atomic E-state index is -1.04. The van der Waals surface area contributed by atoms with Crippen LogP contribution < -0.4 is 11.1 Å². The zero-order valence-corrected chi connectivity index (χ0v) is 10.5. The molecule has 2 rings (SSSR count). The summed E-state index contributed by atoms with van der Waals surface area (Å²) in [5.41, 5.74) is 4.63. The number of rotatable bonds is 2. The molecule has 2 aromatic carbocycles. The van der Waals surface area contributed by atoms with Crippen LogP contribution in [0.4, 0.5) is 24.5 Å². The van der Waals surface area contributed by atoms with Crippen LogP contribution >= 0.6 is 0 Å². The third kappa shape index (κ3) is 2.59. The van der Waals surface area contributed by atoms with Crippen LogP contribution in [0.2, 0.25) is 0 Å². The van der Waals surface area contributed by atoms with Crippen molar-refractivity contribution >= 4 is 17.3 Å². The lowest BCUT2D eigenvalue weighted by atomic mass is 10.1. The van der Waals surface area contributed by atoms with Crippen molar-refractivity contribution < 1.29 is 18.0 Å². The fourth-order valence-corrected chi connectivity index (χ4v) is 1.69. The van der Waals surface area contributed by atoms with Crippen LogP contribution in [0.25, 0.3) is 0 Å². The molecule has 0 radical (unpaired) electrons. The molecule has 0 unspecified atom stereocenters. The van der Waals surface area contributed by atoms with Crippen molar-refractivity contribution in [2.24, 2.45) is 0 Å². The van der Waals surface area contributed by atoms with Gasteiger partial charge in [-0.2, -0.15) is 0 Å². The Bertz CT molecular complexity index is 643. The first-order chi connectivity index (χ1) is 9.40. The normalized spacial score (nSPS) is 10.4. The van der Waals surface area contributed by atoms with E-state index in [0.29, 0.717) is 5.56 Å². The zero-order valence-electron chi connectivity index (χ0n) is 10.5. The Morgan fingerprint density at radius 1 is 1.10 bits per heavy atom. The maximum atomic E-state index is 13.6. The summed E-state index contributed by atoms with van der Waals surface area (Å²) in [7, 11) is 0. The summed E-state index contributed by atoms with van der Waals surface area (Å²) in [5, 5.41) is 2.28. The maximum absolute atomic E-state index is 13.6. The number of anilines is 2. The molecule has 0 saturated heterocycles. The Morgan fingerprint density at radius 2 is 1.70 bits per heavy atom. The number of amides is 1. The number of carbonyl (C=O) groups is 1. The highest BCUT2D eigenvalue weighted by molar-refractivity contribution is 6.04. The van der Waals surface area contributed by atoms with Crippen LogP contribution in [0.5, 0.6) is 0 Å². The lowest BCUT2D eigenvalue weighted by molar-refractivity contribution is 0.102. The minimum absolute atomic E-state index is 0.0323. The van der Waals surface area contributed by atoms with E-state index in [1.807, 2.05) is 0 Å². The standard InChI is InChI=1S/C14H11F3N2O/c1-7-3-2-4-9(15)13(7)19-14(20)8-5-10(16)12(18)11(17)6-8/h2-6H,18H2,1H3,(H,19,20). The predicted octanol–water partition coefficient (Wildman–Crippen LogP) is 3.25. The number of aryl methyl sites for hydroxylation is 1. The lowest BCUT2D eigenvalue weighted by Crippen LogP contribution is -2.15. The van der Waals surface area contributed by atoms with Crippen LogP contribution in [-0.4, -0.2) is 5.91 Å². The Morgan fingerprint density at radius 3 is 2.25 bits per heavy atom. The van der Waals surface area contributed by atoms with Crippen molar-refractivity contribution in [2.75, 3.05) is 11.1 Å². The lowest BCUT2D eigenvalue weighted by Gasteiger charge is -2.10. The predicted molar refractivity (Wildman–Crippen MR) is 69.9 cm³/mol. The summed E-state index contributed by atoms with van der Waals surface area (Å²) >= 11 is 0. The van der Waals surface area contributed by atoms with Crippen molar-refractivity contribution in [3.63, 3.8) is 0 Å². The number of hydrogen-bond donors (Lipinski definition) is 2. The second-order valence-electron chi connectivity index (χ2n) is 4.24. The molecule has 2 aromatic rings. The van der Waals surface area contributed by atoms with Gasteiger partial charge >= 0.3 is 0 Å². The van der Waals surface area contributed by atoms with E-state index in [4.69, 9.17) is 5.73 Å². The summed E-state index contributed by atoms with van der Waals surface area (Å²) in [4.78, 5) is 11.9. The smallest absolute Gasteiger partial charge is 0.255 e. The van der Waals surface area contributed by atoms with Crippen LogP contribution in [0.15, 0.2) is 30.3 Å². The van der Waals surface area contributed by atoms with Gasteiger partial charge in [-0.15, -0.1) is 0 Å². The molecule has 3 N–H and O–H groups in total. The molecule has 0 aliphatic heterocycles. The van der Waals surface area contributed by atoms with Crippen molar-refractivity contribution in [1.82, 2.24) is 0 Å². The highest BCUT2D eigenvalue weighted by Crippen LogP contribution is 2.21. The molecule has 0 fully saturated rings. The topological polar surface area (TPSA) is 55.1 Å². The van der Waals surface area contributed by atoms with Gasteiger partial charge in [-0.05, 0) is 30.7 Å². The molecule has 6 heteroatoms. The van der Waals surface area contributed by atoms with E-state index in [2.05, 4.69) is 5.32 Å². The molecule has 0 aromatic heterocycles. The van der Waals surface area contributed by atoms with Crippen LogP contribution in [0, 0.1) is 24.4 Å². The first-order valence-corrected chi connectivity index (χ1v) is 5.71. The third-order valence-corrected chi connectivity index (χ3v) is 2.80. The number of hydrogen-bond acceptors (Lipinski definition) is 2. The number of benzene rings is 2. The Balaban J connectivity index is 2.34. The van der Waals surface area contributed by atoms with E-state index in [-0.39, 0.29) is 11.3 Å². The molecular formula is C14H11F3N2O. The van der Waals surface area contributed by atoms with Gasteiger partial charge in [0.05, 0.1) is 5.69 Å². The van der Waals surface area contributed by atoms with E-state index in [0.717, 1.165) is 12.1 Å². The molecular weight excluding hydrogens is 269 g/mol. The highest BCUT2D eigenvalue weighted by Gasteiger charge is 2.15. The average Bonchev–Trinajstić information content (AvgIpc) is 2.39. The van der Waals surface area contributed by atoms with Gasteiger partial charge in [0.25, 0.3) is 5.91 Å². The van der Waals surface area contributed by atoms with Gasteiger partial charge < -0.3 is 11.1 Å². The van der Waals surface area contributed by atoms with E-state index in [9.17, 15) is 18.0 Å². The molecule has 0 heterocycles. The number of nitrogens with two attached hydrogens (primary N) is 1. The zero-order chi connectivity index (χ0) is 14.9. The van der Waals surface area contributed by atoms with Gasteiger partial charge in [0, 0.05) is 5.56 Å². The van der Waals surface area contributed by atoms with Crippen LogP contribution in [0.3, 0.4) is 0 Å². The van der Waals surface area contributed by atoms with Gasteiger partial charge in [-0.3, -0.25) is 4.79 Å². The van der Waals surface area contributed by atoms with Crippen molar-refractivity contribution in [3.05, 3.63) is 58.9 Å². The number of para-hydroxylation sites is 1. The molecule has 0 saturated carbocycles. The van der Waals surface area contributed by atoms with Gasteiger partial charge in [0.2, 0.25) is 0 Å². The first kappa shape index (κ1) is 13.9. The molecule has 0 atom stereocenters. The quantitative estimate of drug-likeness (QED) is 0.830. The molecule has 0 aliphatic carbocycles. The number of carbonyl (C=O) groups excluding carboxylic acids is 1. The monoisotopic (exact) mass is 280 g/mol. The molecule has 3 nitrogen and oxygen atoms in total. The highest BCUT2D eigenvalue weighted by atomic mass is 19.1.